The Labute approximate surface area is 120 Å². The van der Waals surface area contributed by atoms with Crippen molar-refractivity contribution in [3.8, 4) is 5.75 Å². The number of carbonyl (C=O) groups excluding carboxylic acids is 1. The number of allylic oxidation sites excluding steroid dienone is 1. The molecule has 0 heterocycles. The van der Waals surface area contributed by atoms with Gasteiger partial charge in [0.15, 0.2) is 0 Å². The molecule has 0 aliphatic heterocycles. The maximum absolute atomic E-state index is 11.4. The Morgan fingerprint density at radius 1 is 1.28 bits per heavy atom. The Morgan fingerprint density at radius 2 is 1.89 bits per heavy atom. The first-order valence-corrected chi connectivity index (χ1v) is 6.10. The second kappa shape index (κ2) is 6.88. The predicted octanol–water partition coefficient (Wildman–Crippen LogP) is 3.54. The van der Waals surface area contributed by atoms with Gasteiger partial charge in [0.25, 0.3) is 3.79 Å². The number of ketones is 1. The fraction of sp³-hybridized carbons (Fsp3) is 0.250. The average Bonchev–Trinajstić information content (AvgIpc) is 2.34. The van der Waals surface area contributed by atoms with E-state index in [1.54, 1.807) is 12.1 Å². The SMILES string of the molecule is CO/C(=C/C(=O)C(Cl)(Cl)Cl)COc1ccccc1. The van der Waals surface area contributed by atoms with E-state index < -0.39 is 9.58 Å². The number of benzene rings is 1. The molecule has 0 spiro atoms. The van der Waals surface area contributed by atoms with E-state index in [9.17, 15) is 4.79 Å². The first-order chi connectivity index (χ1) is 8.43. The highest BCUT2D eigenvalue weighted by Gasteiger charge is 2.29. The summed E-state index contributed by atoms with van der Waals surface area (Å²) in [7, 11) is 1.41. The number of rotatable bonds is 5. The Hall–Kier alpha value is -0.900. The molecule has 0 atom stereocenters. The third kappa shape index (κ3) is 5.17. The highest BCUT2D eigenvalue weighted by Crippen LogP contribution is 2.28. The monoisotopic (exact) mass is 308 g/mol. The minimum atomic E-state index is -1.99. The van der Waals surface area contributed by atoms with Gasteiger partial charge in [0.1, 0.15) is 18.1 Å². The molecule has 0 saturated heterocycles. The molecule has 0 aliphatic carbocycles. The van der Waals surface area contributed by atoms with Gasteiger partial charge in [-0.05, 0) is 12.1 Å². The van der Waals surface area contributed by atoms with Gasteiger partial charge in [-0.15, -0.1) is 0 Å². The van der Waals surface area contributed by atoms with Crippen LogP contribution in [0, 0.1) is 0 Å². The van der Waals surface area contributed by atoms with Gasteiger partial charge < -0.3 is 9.47 Å². The highest BCUT2D eigenvalue weighted by molar-refractivity contribution is 6.77. The van der Waals surface area contributed by atoms with Gasteiger partial charge in [-0.25, -0.2) is 0 Å². The molecule has 0 bridgehead atoms. The van der Waals surface area contributed by atoms with Gasteiger partial charge in [-0.2, -0.15) is 0 Å². The molecule has 1 aromatic carbocycles. The lowest BCUT2D eigenvalue weighted by atomic mass is 10.3. The van der Waals surface area contributed by atoms with Crippen molar-refractivity contribution in [1.29, 1.82) is 0 Å². The lowest BCUT2D eigenvalue weighted by molar-refractivity contribution is -0.114. The first kappa shape index (κ1) is 15.2. The van der Waals surface area contributed by atoms with E-state index in [0.717, 1.165) is 6.08 Å². The van der Waals surface area contributed by atoms with E-state index in [4.69, 9.17) is 44.3 Å². The van der Waals surface area contributed by atoms with Crippen molar-refractivity contribution in [2.75, 3.05) is 13.7 Å². The number of methoxy groups -OCH3 is 1. The van der Waals surface area contributed by atoms with Crippen LogP contribution >= 0.6 is 34.8 Å². The van der Waals surface area contributed by atoms with E-state index in [1.807, 2.05) is 18.2 Å². The lowest BCUT2D eigenvalue weighted by Crippen LogP contribution is -2.18. The van der Waals surface area contributed by atoms with Crippen LogP contribution in [0.4, 0.5) is 0 Å². The Morgan fingerprint density at radius 3 is 2.39 bits per heavy atom. The number of carbonyl (C=O) groups is 1. The molecular formula is C12H11Cl3O3. The molecule has 1 aromatic rings. The van der Waals surface area contributed by atoms with Gasteiger partial charge in [0, 0.05) is 6.08 Å². The van der Waals surface area contributed by atoms with E-state index in [1.165, 1.54) is 7.11 Å². The zero-order chi connectivity index (χ0) is 13.6. The van der Waals surface area contributed by atoms with Gasteiger partial charge in [0.2, 0.25) is 5.78 Å². The summed E-state index contributed by atoms with van der Waals surface area (Å²) in [5, 5.41) is 0. The van der Waals surface area contributed by atoms with Crippen LogP contribution in [0.2, 0.25) is 0 Å². The molecule has 0 amide bonds. The molecule has 0 fully saturated rings. The molecule has 3 nitrogen and oxygen atoms in total. The minimum Gasteiger partial charge on any atom is -0.497 e. The Balaban J connectivity index is 2.63. The third-order valence-corrected chi connectivity index (χ3v) is 2.52. The van der Waals surface area contributed by atoms with Crippen molar-refractivity contribution in [1.82, 2.24) is 0 Å². The number of alkyl halides is 3. The molecule has 0 radical (unpaired) electrons. The average molecular weight is 310 g/mol. The van der Waals surface area contributed by atoms with Crippen LogP contribution in [0.25, 0.3) is 0 Å². The lowest BCUT2D eigenvalue weighted by Gasteiger charge is -2.10. The molecule has 0 saturated carbocycles. The molecular weight excluding hydrogens is 298 g/mol. The molecule has 6 heteroatoms. The quantitative estimate of drug-likeness (QED) is 0.474. The number of hydrogen-bond acceptors (Lipinski definition) is 3. The Bertz CT molecular complexity index is 424. The van der Waals surface area contributed by atoms with Gasteiger partial charge >= 0.3 is 0 Å². The summed E-state index contributed by atoms with van der Waals surface area (Å²) >= 11 is 16.3. The maximum atomic E-state index is 11.4. The normalized spacial score (nSPS) is 12.1. The summed E-state index contributed by atoms with van der Waals surface area (Å²) in [5.41, 5.74) is 0. The minimum absolute atomic E-state index is 0.0764. The maximum Gasteiger partial charge on any atom is 0.252 e. The number of halogens is 3. The highest BCUT2D eigenvalue weighted by atomic mass is 35.6. The van der Waals surface area contributed by atoms with Crippen LogP contribution < -0.4 is 4.74 Å². The van der Waals surface area contributed by atoms with E-state index in [2.05, 4.69) is 0 Å². The van der Waals surface area contributed by atoms with Crippen molar-refractivity contribution >= 4 is 40.6 Å². The fourth-order valence-corrected chi connectivity index (χ4v) is 1.22. The number of hydrogen-bond donors (Lipinski definition) is 0. The third-order valence-electron chi connectivity index (χ3n) is 1.96. The van der Waals surface area contributed by atoms with E-state index in [0.29, 0.717) is 5.75 Å². The summed E-state index contributed by atoms with van der Waals surface area (Å²) in [4.78, 5) is 11.4. The molecule has 0 N–H and O–H groups in total. The summed E-state index contributed by atoms with van der Waals surface area (Å²) in [6, 6.07) is 9.09. The van der Waals surface area contributed by atoms with Gasteiger partial charge in [-0.3, -0.25) is 4.79 Å². The van der Waals surface area contributed by atoms with Crippen LogP contribution in [0.15, 0.2) is 42.2 Å². The molecule has 1 rings (SSSR count). The van der Waals surface area contributed by atoms with Crippen LogP contribution in [0.5, 0.6) is 5.75 Å². The fourth-order valence-electron chi connectivity index (χ4n) is 1.06. The smallest absolute Gasteiger partial charge is 0.252 e. The second-order valence-corrected chi connectivity index (χ2v) is 5.56. The zero-order valence-corrected chi connectivity index (χ0v) is 11.8. The van der Waals surface area contributed by atoms with Crippen molar-refractivity contribution in [2.24, 2.45) is 0 Å². The molecule has 0 aromatic heterocycles. The topological polar surface area (TPSA) is 35.5 Å². The van der Waals surface area contributed by atoms with Crippen LogP contribution in [0.1, 0.15) is 0 Å². The predicted molar refractivity (Wildman–Crippen MR) is 72.3 cm³/mol. The van der Waals surface area contributed by atoms with Crippen molar-refractivity contribution in [2.45, 2.75) is 3.79 Å². The molecule has 0 unspecified atom stereocenters. The van der Waals surface area contributed by atoms with Gasteiger partial charge in [0.05, 0.1) is 7.11 Å². The van der Waals surface area contributed by atoms with Crippen LogP contribution in [-0.4, -0.2) is 23.3 Å². The number of ether oxygens (including phenoxy) is 2. The van der Waals surface area contributed by atoms with E-state index in [-0.39, 0.29) is 12.4 Å². The molecule has 0 aliphatic rings. The molecule has 18 heavy (non-hydrogen) atoms. The standard InChI is InChI=1S/C12H11Cl3O3/c1-17-10(7-11(16)12(13,14)15)8-18-9-5-3-2-4-6-9/h2-7H,8H2,1H3/b10-7+. The van der Waals surface area contributed by atoms with Crippen molar-refractivity contribution in [3.63, 3.8) is 0 Å². The zero-order valence-electron chi connectivity index (χ0n) is 9.53. The van der Waals surface area contributed by atoms with Gasteiger partial charge in [-0.1, -0.05) is 53.0 Å². The van der Waals surface area contributed by atoms with Crippen LogP contribution in [-0.2, 0) is 9.53 Å². The summed E-state index contributed by atoms with van der Waals surface area (Å²) < 4.78 is 8.39. The Kier molecular flexibility index (Phi) is 5.79. The summed E-state index contributed by atoms with van der Waals surface area (Å²) in [5.74, 6) is 0.248. The molecule has 98 valence electrons. The van der Waals surface area contributed by atoms with Crippen molar-refractivity contribution in [3.05, 3.63) is 42.2 Å². The number of para-hydroxylation sites is 1. The summed E-state index contributed by atoms with van der Waals surface area (Å²) in [6.07, 6.45) is 1.11. The largest absolute Gasteiger partial charge is 0.497 e. The summed E-state index contributed by atoms with van der Waals surface area (Å²) in [6.45, 7) is 0.0764. The van der Waals surface area contributed by atoms with Crippen molar-refractivity contribution < 1.29 is 14.3 Å². The van der Waals surface area contributed by atoms with Crippen LogP contribution in [0.3, 0.4) is 0 Å². The van der Waals surface area contributed by atoms with E-state index >= 15 is 0 Å². The second-order valence-electron chi connectivity index (χ2n) is 3.28. The first-order valence-electron chi connectivity index (χ1n) is 4.97.